The van der Waals surface area contributed by atoms with E-state index < -0.39 is 17.9 Å². The van der Waals surface area contributed by atoms with Gasteiger partial charge in [-0.3, -0.25) is 9.59 Å². The van der Waals surface area contributed by atoms with Crippen LogP contribution >= 0.6 is 0 Å². The van der Waals surface area contributed by atoms with Crippen LogP contribution < -0.4 is 5.32 Å². The van der Waals surface area contributed by atoms with E-state index in [-0.39, 0.29) is 12.6 Å². The monoisotopic (exact) mass is 243 g/mol. The van der Waals surface area contributed by atoms with Crippen molar-refractivity contribution in [3.8, 4) is 0 Å². The van der Waals surface area contributed by atoms with Crippen molar-refractivity contribution in [1.82, 2.24) is 15.1 Å². The van der Waals surface area contributed by atoms with Gasteiger partial charge in [0.05, 0.1) is 6.10 Å². The molecule has 6 nitrogen and oxygen atoms in total. The highest BCUT2D eigenvalue weighted by Crippen LogP contribution is 2.03. The summed E-state index contributed by atoms with van der Waals surface area (Å²) in [5, 5.41) is 12.8. The van der Waals surface area contributed by atoms with Crippen molar-refractivity contribution >= 4 is 11.8 Å². The topological polar surface area (TPSA) is 72.9 Å². The number of aliphatic hydroxyl groups excluding tert-OH is 1. The molecule has 1 aliphatic rings. The molecule has 0 aliphatic carbocycles. The number of piperazine rings is 1. The molecular formula is C11H21N3O3. The van der Waals surface area contributed by atoms with Crippen molar-refractivity contribution in [2.24, 2.45) is 0 Å². The van der Waals surface area contributed by atoms with Gasteiger partial charge in [-0.25, -0.2) is 0 Å². The quantitative estimate of drug-likeness (QED) is 0.585. The van der Waals surface area contributed by atoms with Crippen LogP contribution in [0.5, 0.6) is 0 Å². The Hall–Kier alpha value is -1.14. The first-order valence-corrected chi connectivity index (χ1v) is 5.87. The molecule has 0 bridgehead atoms. The highest BCUT2D eigenvalue weighted by Gasteiger charge is 2.31. The van der Waals surface area contributed by atoms with Gasteiger partial charge in [-0.1, -0.05) is 13.8 Å². The Labute approximate surface area is 102 Å². The number of hydrogen-bond acceptors (Lipinski definition) is 4. The van der Waals surface area contributed by atoms with Gasteiger partial charge >= 0.3 is 11.8 Å². The van der Waals surface area contributed by atoms with Gasteiger partial charge in [0.2, 0.25) is 0 Å². The van der Waals surface area contributed by atoms with Gasteiger partial charge in [-0.05, 0) is 0 Å². The summed E-state index contributed by atoms with van der Waals surface area (Å²) in [4.78, 5) is 25.8. The molecule has 2 N–H and O–H groups in total. The minimum atomic E-state index is -0.641. The van der Waals surface area contributed by atoms with Gasteiger partial charge in [0.25, 0.3) is 0 Å². The van der Waals surface area contributed by atoms with Crippen LogP contribution in [0.3, 0.4) is 0 Å². The Bertz CT molecular complexity index is 294. The standard InChI is InChI=1S/C11H21N3O3/c1-8(2)12-6-9(15)7-14-5-4-13(3)10(16)11(14)17/h8-9,12,15H,4-7H2,1-3H3. The number of nitrogens with zero attached hydrogens (tertiary/aromatic N) is 2. The molecule has 1 fully saturated rings. The van der Waals surface area contributed by atoms with E-state index >= 15 is 0 Å². The van der Waals surface area contributed by atoms with Crippen molar-refractivity contribution in [1.29, 1.82) is 0 Å². The third kappa shape index (κ3) is 3.98. The fourth-order valence-corrected chi connectivity index (χ4v) is 1.64. The van der Waals surface area contributed by atoms with E-state index in [1.807, 2.05) is 13.8 Å². The van der Waals surface area contributed by atoms with E-state index in [2.05, 4.69) is 5.32 Å². The third-order valence-corrected chi connectivity index (χ3v) is 2.72. The number of β-amino-alcohol motifs (C(OH)–C–C–N with tert-alkyl or cyclic N) is 1. The van der Waals surface area contributed by atoms with E-state index in [0.717, 1.165) is 0 Å². The van der Waals surface area contributed by atoms with Crippen molar-refractivity contribution in [2.75, 3.05) is 33.2 Å². The van der Waals surface area contributed by atoms with E-state index in [9.17, 15) is 14.7 Å². The minimum absolute atomic E-state index is 0.206. The van der Waals surface area contributed by atoms with Crippen LogP contribution in [0.15, 0.2) is 0 Å². The molecule has 17 heavy (non-hydrogen) atoms. The van der Waals surface area contributed by atoms with Crippen LogP contribution in [0.25, 0.3) is 0 Å². The van der Waals surface area contributed by atoms with Crippen LogP contribution in [0.2, 0.25) is 0 Å². The zero-order chi connectivity index (χ0) is 13.0. The Morgan fingerprint density at radius 1 is 1.29 bits per heavy atom. The average Bonchev–Trinajstić information content (AvgIpc) is 2.27. The van der Waals surface area contributed by atoms with Crippen molar-refractivity contribution < 1.29 is 14.7 Å². The second-order valence-electron chi connectivity index (χ2n) is 4.69. The van der Waals surface area contributed by atoms with Crippen molar-refractivity contribution in [3.05, 3.63) is 0 Å². The first-order chi connectivity index (χ1) is 7.91. The molecule has 0 aromatic rings. The maximum absolute atomic E-state index is 11.6. The van der Waals surface area contributed by atoms with Crippen molar-refractivity contribution in [2.45, 2.75) is 26.0 Å². The normalized spacial score (nSPS) is 19.1. The number of amides is 2. The van der Waals surface area contributed by atoms with Gasteiger partial charge in [-0.2, -0.15) is 0 Å². The molecular weight excluding hydrogens is 222 g/mol. The Morgan fingerprint density at radius 3 is 2.53 bits per heavy atom. The van der Waals surface area contributed by atoms with Gasteiger partial charge in [0, 0.05) is 39.3 Å². The molecule has 1 atom stereocenters. The van der Waals surface area contributed by atoms with Crippen molar-refractivity contribution in [3.63, 3.8) is 0 Å². The number of nitrogens with one attached hydrogen (secondary N) is 1. The van der Waals surface area contributed by atoms with Crippen LogP contribution in [0.4, 0.5) is 0 Å². The van der Waals surface area contributed by atoms with E-state index in [1.165, 1.54) is 9.80 Å². The number of hydrogen-bond donors (Lipinski definition) is 2. The largest absolute Gasteiger partial charge is 0.390 e. The SMILES string of the molecule is CC(C)NCC(O)CN1CCN(C)C(=O)C1=O. The van der Waals surface area contributed by atoms with Gasteiger partial charge in [0.1, 0.15) is 0 Å². The molecule has 98 valence electrons. The molecule has 1 aliphatic heterocycles. The Balaban J connectivity index is 2.41. The number of rotatable bonds is 5. The summed E-state index contributed by atoms with van der Waals surface area (Å²) < 4.78 is 0. The average molecular weight is 243 g/mol. The lowest BCUT2D eigenvalue weighted by molar-refractivity contribution is -0.155. The summed E-state index contributed by atoms with van der Waals surface area (Å²) in [6, 6.07) is 0.287. The van der Waals surface area contributed by atoms with Crippen LogP contribution in [-0.4, -0.2) is 72.1 Å². The zero-order valence-corrected chi connectivity index (χ0v) is 10.6. The number of carbonyl (C=O) groups is 2. The molecule has 1 heterocycles. The predicted molar refractivity (Wildman–Crippen MR) is 63.4 cm³/mol. The molecule has 0 aromatic heterocycles. The third-order valence-electron chi connectivity index (χ3n) is 2.72. The Kier molecular flexibility index (Phi) is 4.89. The molecule has 0 spiro atoms. The molecule has 1 rings (SSSR count). The molecule has 0 saturated carbocycles. The number of carbonyl (C=O) groups excluding carboxylic acids is 2. The van der Waals surface area contributed by atoms with Gasteiger partial charge in [0.15, 0.2) is 0 Å². The van der Waals surface area contributed by atoms with E-state index in [0.29, 0.717) is 19.6 Å². The second-order valence-corrected chi connectivity index (χ2v) is 4.69. The molecule has 6 heteroatoms. The van der Waals surface area contributed by atoms with Crippen LogP contribution in [0.1, 0.15) is 13.8 Å². The lowest BCUT2D eigenvalue weighted by Gasteiger charge is -2.32. The van der Waals surface area contributed by atoms with E-state index in [1.54, 1.807) is 7.05 Å². The molecule has 0 aromatic carbocycles. The molecule has 2 amide bonds. The zero-order valence-electron chi connectivity index (χ0n) is 10.6. The lowest BCUT2D eigenvalue weighted by atomic mass is 10.2. The summed E-state index contributed by atoms with van der Waals surface area (Å²) >= 11 is 0. The lowest BCUT2D eigenvalue weighted by Crippen LogP contribution is -2.55. The smallest absolute Gasteiger partial charge is 0.312 e. The number of likely N-dealkylation sites (N-methyl/N-ethyl adjacent to an activating group) is 1. The highest BCUT2D eigenvalue weighted by molar-refractivity contribution is 6.35. The fraction of sp³-hybridized carbons (Fsp3) is 0.818. The molecule has 0 radical (unpaired) electrons. The predicted octanol–water partition coefficient (Wildman–Crippen LogP) is -1.35. The Morgan fingerprint density at radius 2 is 1.94 bits per heavy atom. The number of aliphatic hydroxyl groups is 1. The summed E-state index contributed by atoms with van der Waals surface area (Å²) in [6.45, 7) is 5.60. The molecule has 1 unspecified atom stereocenters. The summed E-state index contributed by atoms with van der Waals surface area (Å²) in [7, 11) is 1.61. The summed E-state index contributed by atoms with van der Waals surface area (Å²) in [6.07, 6.45) is -0.641. The minimum Gasteiger partial charge on any atom is -0.390 e. The fourth-order valence-electron chi connectivity index (χ4n) is 1.64. The van der Waals surface area contributed by atoms with Gasteiger partial charge in [-0.15, -0.1) is 0 Å². The maximum Gasteiger partial charge on any atom is 0.312 e. The van der Waals surface area contributed by atoms with Crippen LogP contribution in [-0.2, 0) is 9.59 Å². The highest BCUT2D eigenvalue weighted by atomic mass is 16.3. The summed E-state index contributed by atoms with van der Waals surface area (Å²) in [5.74, 6) is -1.03. The van der Waals surface area contributed by atoms with Gasteiger partial charge < -0.3 is 20.2 Å². The molecule has 1 saturated heterocycles. The van der Waals surface area contributed by atoms with Crippen LogP contribution in [0, 0.1) is 0 Å². The maximum atomic E-state index is 11.6. The first-order valence-electron chi connectivity index (χ1n) is 5.87. The second kappa shape index (κ2) is 5.97. The first kappa shape index (κ1) is 13.9. The van der Waals surface area contributed by atoms with E-state index in [4.69, 9.17) is 0 Å². The summed E-state index contributed by atoms with van der Waals surface area (Å²) in [5.41, 5.74) is 0.